The van der Waals surface area contributed by atoms with Crippen molar-refractivity contribution in [2.75, 3.05) is 25.1 Å². The van der Waals surface area contributed by atoms with Crippen molar-refractivity contribution >= 4 is 39.1 Å². The number of hydrogen-bond acceptors (Lipinski definition) is 3. The Kier molecular flexibility index (Phi) is 5.43. The molecule has 1 fully saturated rings. The summed E-state index contributed by atoms with van der Waals surface area (Å²) < 4.78 is 6.22. The third-order valence-corrected chi connectivity index (χ3v) is 4.45. The molecule has 0 aromatic heterocycles. The van der Waals surface area contributed by atoms with Crippen LogP contribution in [-0.4, -0.2) is 31.7 Å². The molecular formula is C14H18BrClN2O2. The number of ether oxygens (including phenoxy) is 1. The number of carbonyl (C=O) groups is 1. The average Bonchev–Trinajstić information content (AvgIpc) is 2.84. The van der Waals surface area contributed by atoms with E-state index in [0.29, 0.717) is 23.9 Å². The minimum atomic E-state index is -0.179. The van der Waals surface area contributed by atoms with E-state index in [1.165, 1.54) is 0 Å². The average molecular weight is 362 g/mol. The molecule has 1 aromatic rings. The van der Waals surface area contributed by atoms with Gasteiger partial charge in [-0.2, -0.15) is 0 Å². The molecular weight excluding hydrogens is 344 g/mol. The minimum Gasteiger partial charge on any atom is -0.379 e. The first-order chi connectivity index (χ1) is 9.52. The summed E-state index contributed by atoms with van der Waals surface area (Å²) in [6, 6.07) is 3.72. The van der Waals surface area contributed by atoms with Crippen LogP contribution >= 0.6 is 27.5 Å². The molecule has 4 nitrogen and oxygen atoms in total. The molecule has 1 aromatic carbocycles. The lowest BCUT2D eigenvalue weighted by Gasteiger charge is -2.18. The number of likely N-dealkylation sites (N-methyl/N-ethyl adjacent to an activating group) is 1. The van der Waals surface area contributed by atoms with E-state index in [2.05, 4.69) is 26.6 Å². The molecule has 0 spiro atoms. The van der Waals surface area contributed by atoms with Crippen molar-refractivity contribution in [3.05, 3.63) is 27.2 Å². The molecule has 2 unspecified atom stereocenters. The summed E-state index contributed by atoms with van der Waals surface area (Å²) in [6.07, 6.45) is 0. The maximum atomic E-state index is 12.4. The lowest BCUT2D eigenvalue weighted by molar-refractivity contribution is -0.120. The van der Waals surface area contributed by atoms with Gasteiger partial charge in [-0.1, -0.05) is 18.5 Å². The number of benzene rings is 1. The van der Waals surface area contributed by atoms with Crippen molar-refractivity contribution < 1.29 is 9.53 Å². The predicted molar refractivity (Wildman–Crippen MR) is 84.3 cm³/mol. The third-order valence-electron chi connectivity index (χ3n) is 3.39. The predicted octanol–water partition coefficient (Wildman–Crippen LogP) is 2.97. The van der Waals surface area contributed by atoms with Gasteiger partial charge < -0.3 is 15.4 Å². The first-order valence-corrected chi connectivity index (χ1v) is 7.77. The second-order valence-electron chi connectivity index (χ2n) is 4.88. The number of aryl methyl sites for hydroxylation is 1. The van der Waals surface area contributed by atoms with Crippen LogP contribution in [0.2, 0.25) is 5.02 Å². The van der Waals surface area contributed by atoms with Crippen molar-refractivity contribution in [3.63, 3.8) is 0 Å². The largest absolute Gasteiger partial charge is 0.379 e. The van der Waals surface area contributed by atoms with E-state index in [9.17, 15) is 4.79 Å². The number of hydrogen-bond donors (Lipinski definition) is 2. The zero-order chi connectivity index (χ0) is 14.7. The van der Waals surface area contributed by atoms with Gasteiger partial charge in [0.2, 0.25) is 5.91 Å². The number of halogens is 2. The van der Waals surface area contributed by atoms with E-state index in [0.717, 1.165) is 16.6 Å². The van der Waals surface area contributed by atoms with Crippen molar-refractivity contribution in [1.82, 2.24) is 5.32 Å². The highest BCUT2D eigenvalue weighted by Crippen LogP contribution is 2.30. The summed E-state index contributed by atoms with van der Waals surface area (Å²) in [5, 5.41) is 6.82. The van der Waals surface area contributed by atoms with E-state index in [1.807, 2.05) is 19.9 Å². The molecule has 1 saturated heterocycles. The summed E-state index contributed by atoms with van der Waals surface area (Å²) in [5.41, 5.74) is 1.65. The van der Waals surface area contributed by atoms with Gasteiger partial charge in [-0.05, 0) is 47.1 Å². The summed E-state index contributed by atoms with van der Waals surface area (Å²) in [7, 11) is 0. The fourth-order valence-electron chi connectivity index (χ4n) is 2.24. The van der Waals surface area contributed by atoms with Gasteiger partial charge >= 0.3 is 0 Å². The molecule has 2 rings (SSSR count). The van der Waals surface area contributed by atoms with E-state index >= 15 is 0 Å². The second-order valence-corrected chi connectivity index (χ2v) is 6.14. The van der Waals surface area contributed by atoms with Crippen LogP contribution in [0.5, 0.6) is 0 Å². The Balaban J connectivity index is 2.09. The molecule has 1 heterocycles. The highest BCUT2D eigenvalue weighted by Gasteiger charge is 2.33. The van der Waals surface area contributed by atoms with Crippen LogP contribution < -0.4 is 10.6 Å². The Bertz CT molecular complexity index is 510. The van der Waals surface area contributed by atoms with Gasteiger partial charge in [0, 0.05) is 15.5 Å². The van der Waals surface area contributed by atoms with Crippen LogP contribution in [0, 0.1) is 12.8 Å². The van der Waals surface area contributed by atoms with Crippen LogP contribution in [-0.2, 0) is 9.53 Å². The Morgan fingerprint density at radius 2 is 2.25 bits per heavy atom. The Morgan fingerprint density at radius 1 is 1.50 bits per heavy atom. The van der Waals surface area contributed by atoms with Crippen molar-refractivity contribution in [1.29, 1.82) is 0 Å². The molecule has 110 valence electrons. The lowest BCUT2D eigenvalue weighted by atomic mass is 10.0. The summed E-state index contributed by atoms with van der Waals surface area (Å²) in [4.78, 5) is 12.4. The third kappa shape index (κ3) is 3.52. The zero-order valence-electron chi connectivity index (χ0n) is 11.5. The normalized spacial score (nSPS) is 22.0. The molecule has 6 heteroatoms. The van der Waals surface area contributed by atoms with Crippen LogP contribution in [0.15, 0.2) is 16.6 Å². The summed E-state index contributed by atoms with van der Waals surface area (Å²) in [6.45, 7) is 5.77. The van der Waals surface area contributed by atoms with Crippen molar-refractivity contribution in [3.8, 4) is 0 Å². The van der Waals surface area contributed by atoms with Gasteiger partial charge in [-0.3, -0.25) is 4.79 Å². The Morgan fingerprint density at radius 3 is 2.95 bits per heavy atom. The zero-order valence-corrected chi connectivity index (χ0v) is 13.8. The van der Waals surface area contributed by atoms with Gasteiger partial charge in [-0.15, -0.1) is 0 Å². The summed E-state index contributed by atoms with van der Waals surface area (Å²) >= 11 is 9.54. The number of nitrogens with one attached hydrogen (secondary N) is 2. The molecule has 2 atom stereocenters. The first-order valence-electron chi connectivity index (χ1n) is 6.60. The molecule has 1 aliphatic heterocycles. The first kappa shape index (κ1) is 15.8. The quantitative estimate of drug-likeness (QED) is 0.867. The number of amides is 1. The SMILES string of the molecule is CCNC1COCC1C(=O)Nc1cc(Cl)c(C)cc1Br. The highest BCUT2D eigenvalue weighted by atomic mass is 79.9. The van der Waals surface area contributed by atoms with Gasteiger partial charge in [0.25, 0.3) is 0 Å². The van der Waals surface area contributed by atoms with E-state index < -0.39 is 0 Å². The molecule has 0 saturated carbocycles. The summed E-state index contributed by atoms with van der Waals surface area (Å²) in [5.74, 6) is -0.226. The smallest absolute Gasteiger partial charge is 0.231 e. The van der Waals surface area contributed by atoms with E-state index in [4.69, 9.17) is 16.3 Å². The molecule has 0 radical (unpaired) electrons. The lowest BCUT2D eigenvalue weighted by Crippen LogP contribution is -2.41. The monoisotopic (exact) mass is 360 g/mol. The van der Waals surface area contributed by atoms with Gasteiger partial charge in [0.1, 0.15) is 0 Å². The van der Waals surface area contributed by atoms with E-state index in [1.54, 1.807) is 6.07 Å². The van der Waals surface area contributed by atoms with Gasteiger partial charge in [0.05, 0.1) is 24.8 Å². The standard InChI is InChI=1S/C14H18BrClN2O2/c1-3-17-13-7-20-6-9(13)14(19)18-12-5-11(16)8(2)4-10(12)15/h4-5,9,13,17H,3,6-7H2,1-2H3,(H,18,19). The van der Waals surface area contributed by atoms with Crippen LogP contribution in [0.25, 0.3) is 0 Å². The Hall–Kier alpha value is -0.620. The molecule has 0 aliphatic carbocycles. The minimum absolute atomic E-state index is 0.0472. The number of anilines is 1. The number of rotatable bonds is 4. The Labute approximate surface area is 132 Å². The van der Waals surface area contributed by atoms with E-state index in [-0.39, 0.29) is 17.9 Å². The van der Waals surface area contributed by atoms with Crippen LogP contribution in [0.1, 0.15) is 12.5 Å². The fourth-order valence-corrected chi connectivity index (χ4v) is 2.96. The fraction of sp³-hybridized carbons (Fsp3) is 0.500. The van der Waals surface area contributed by atoms with Crippen LogP contribution in [0.4, 0.5) is 5.69 Å². The second kappa shape index (κ2) is 6.89. The van der Waals surface area contributed by atoms with Crippen molar-refractivity contribution in [2.24, 2.45) is 5.92 Å². The van der Waals surface area contributed by atoms with Crippen LogP contribution in [0.3, 0.4) is 0 Å². The number of carbonyl (C=O) groups excluding carboxylic acids is 1. The van der Waals surface area contributed by atoms with Gasteiger partial charge in [0.15, 0.2) is 0 Å². The molecule has 1 aliphatic rings. The molecule has 1 amide bonds. The topological polar surface area (TPSA) is 50.4 Å². The molecule has 2 N–H and O–H groups in total. The van der Waals surface area contributed by atoms with Crippen molar-refractivity contribution in [2.45, 2.75) is 19.9 Å². The maximum Gasteiger partial charge on any atom is 0.231 e. The van der Waals surface area contributed by atoms with Gasteiger partial charge in [-0.25, -0.2) is 0 Å². The molecule has 20 heavy (non-hydrogen) atoms. The molecule has 0 bridgehead atoms. The highest BCUT2D eigenvalue weighted by molar-refractivity contribution is 9.10. The maximum absolute atomic E-state index is 12.4.